The van der Waals surface area contributed by atoms with Crippen LogP contribution in [0.1, 0.15) is 25.8 Å². The van der Waals surface area contributed by atoms with Gasteiger partial charge in [-0.3, -0.25) is 19.2 Å². The highest BCUT2D eigenvalue weighted by molar-refractivity contribution is 6.00. The van der Waals surface area contributed by atoms with Gasteiger partial charge in [0, 0.05) is 19.2 Å². The third kappa shape index (κ3) is 4.34. The van der Waals surface area contributed by atoms with Crippen LogP contribution in [0.3, 0.4) is 0 Å². The van der Waals surface area contributed by atoms with E-state index in [1.54, 1.807) is 19.1 Å². The van der Waals surface area contributed by atoms with Gasteiger partial charge in [-0.2, -0.15) is 0 Å². The van der Waals surface area contributed by atoms with Crippen molar-refractivity contribution in [3.05, 3.63) is 29.8 Å². The lowest BCUT2D eigenvalue weighted by Gasteiger charge is -2.29. The number of amides is 3. The number of carbonyl (C=O) groups is 4. The molecule has 0 aliphatic carbocycles. The highest BCUT2D eigenvalue weighted by Crippen LogP contribution is 2.23. The third-order valence-electron chi connectivity index (χ3n) is 4.02. The second-order valence-electron chi connectivity index (χ2n) is 5.82. The number of ether oxygens (including phenoxy) is 1. The van der Waals surface area contributed by atoms with E-state index >= 15 is 0 Å². The molecule has 134 valence electrons. The number of anilines is 1. The fraction of sp³-hybridized carbons (Fsp3) is 0.412. The van der Waals surface area contributed by atoms with Gasteiger partial charge in [-0.05, 0) is 18.6 Å². The van der Waals surface area contributed by atoms with Crippen molar-refractivity contribution in [1.29, 1.82) is 0 Å². The first-order valence-corrected chi connectivity index (χ1v) is 7.86. The van der Waals surface area contributed by atoms with E-state index in [0.717, 1.165) is 5.56 Å². The van der Waals surface area contributed by atoms with Gasteiger partial charge in [0.15, 0.2) is 0 Å². The van der Waals surface area contributed by atoms with Crippen molar-refractivity contribution < 1.29 is 23.9 Å². The molecule has 0 bridgehead atoms. The van der Waals surface area contributed by atoms with Crippen LogP contribution in [-0.2, 0) is 30.5 Å². The normalized spacial score (nSPS) is 17.6. The number of esters is 1. The van der Waals surface area contributed by atoms with Gasteiger partial charge in [-0.1, -0.05) is 18.2 Å². The van der Waals surface area contributed by atoms with E-state index in [1.165, 1.54) is 18.9 Å². The van der Waals surface area contributed by atoms with E-state index in [1.807, 2.05) is 12.1 Å². The van der Waals surface area contributed by atoms with Gasteiger partial charge >= 0.3 is 5.97 Å². The number of carbonyl (C=O) groups excluding carboxylic acids is 4. The van der Waals surface area contributed by atoms with Crippen molar-refractivity contribution in [3.63, 3.8) is 0 Å². The zero-order chi connectivity index (χ0) is 18.6. The Balaban J connectivity index is 2.31. The first kappa shape index (κ1) is 18.4. The van der Waals surface area contributed by atoms with Crippen LogP contribution in [0.2, 0.25) is 0 Å². The minimum Gasteiger partial charge on any atom is -0.469 e. The van der Waals surface area contributed by atoms with Crippen molar-refractivity contribution in [2.45, 2.75) is 38.9 Å². The van der Waals surface area contributed by atoms with Crippen LogP contribution in [0.15, 0.2) is 24.3 Å². The van der Waals surface area contributed by atoms with Gasteiger partial charge < -0.3 is 20.3 Å². The van der Waals surface area contributed by atoms with Gasteiger partial charge in [0.2, 0.25) is 17.7 Å². The molecular weight excluding hydrogens is 326 g/mol. The summed E-state index contributed by atoms with van der Waals surface area (Å²) in [5.41, 5.74) is 1.41. The number of methoxy groups -OCH3 is 1. The molecule has 0 saturated heterocycles. The Morgan fingerprint density at radius 2 is 2.04 bits per heavy atom. The lowest BCUT2D eigenvalue weighted by atomic mass is 10.1. The molecule has 2 N–H and O–H groups in total. The Labute approximate surface area is 145 Å². The molecule has 2 atom stereocenters. The van der Waals surface area contributed by atoms with E-state index in [0.29, 0.717) is 5.69 Å². The number of fused-ring (bicyclic) bond motifs is 1. The SMILES string of the molecule is COC(=O)CC(NC(C)=O)C(=O)N1Cc2ccccc2NC(=O)C1C. The molecule has 8 nitrogen and oxygen atoms in total. The molecule has 1 aliphatic rings. The van der Waals surface area contributed by atoms with Crippen molar-refractivity contribution in [3.8, 4) is 0 Å². The van der Waals surface area contributed by atoms with Gasteiger partial charge in [0.25, 0.3) is 0 Å². The molecule has 1 heterocycles. The van der Waals surface area contributed by atoms with Crippen molar-refractivity contribution in [2.24, 2.45) is 0 Å². The summed E-state index contributed by atoms with van der Waals surface area (Å²) in [5, 5.41) is 5.24. The Kier molecular flexibility index (Phi) is 5.74. The second kappa shape index (κ2) is 7.78. The maximum absolute atomic E-state index is 12.9. The predicted octanol–water partition coefficient (Wildman–Crippen LogP) is 0.424. The Hall–Kier alpha value is -2.90. The van der Waals surface area contributed by atoms with E-state index in [-0.39, 0.29) is 18.9 Å². The zero-order valence-corrected chi connectivity index (χ0v) is 14.4. The van der Waals surface area contributed by atoms with Crippen LogP contribution >= 0.6 is 0 Å². The summed E-state index contributed by atoms with van der Waals surface area (Å²) < 4.78 is 4.59. The summed E-state index contributed by atoms with van der Waals surface area (Å²) in [6.45, 7) is 3.04. The van der Waals surface area contributed by atoms with Crippen LogP contribution in [0.5, 0.6) is 0 Å². The van der Waals surface area contributed by atoms with Crippen molar-refractivity contribution in [2.75, 3.05) is 12.4 Å². The van der Waals surface area contributed by atoms with Crippen LogP contribution in [0.4, 0.5) is 5.69 Å². The topological polar surface area (TPSA) is 105 Å². The number of hydrogen-bond donors (Lipinski definition) is 2. The number of nitrogens with one attached hydrogen (secondary N) is 2. The van der Waals surface area contributed by atoms with Crippen molar-refractivity contribution in [1.82, 2.24) is 10.2 Å². The summed E-state index contributed by atoms with van der Waals surface area (Å²) in [6, 6.07) is 5.32. The molecule has 0 fully saturated rings. The quantitative estimate of drug-likeness (QED) is 0.768. The second-order valence-corrected chi connectivity index (χ2v) is 5.82. The highest BCUT2D eigenvalue weighted by atomic mass is 16.5. The average molecular weight is 347 g/mol. The summed E-state index contributed by atoms with van der Waals surface area (Å²) in [4.78, 5) is 49.6. The monoisotopic (exact) mass is 347 g/mol. The molecule has 1 aliphatic heterocycles. The van der Waals surface area contributed by atoms with Crippen LogP contribution in [0.25, 0.3) is 0 Å². The van der Waals surface area contributed by atoms with E-state index < -0.39 is 29.9 Å². The number of rotatable bonds is 4. The molecule has 2 unspecified atom stereocenters. The summed E-state index contributed by atoms with van der Waals surface area (Å²) in [7, 11) is 1.20. The molecule has 0 spiro atoms. The van der Waals surface area contributed by atoms with Gasteiger partial charge in [0.05, 0.1) is 13.5 Å². The molecule has 0 radical (unpaired) electrons. The summed E-state index contributed by atoms with van der Waals surface area (Å²) >= 11 is 0. The Morgan fingerprint density at radius 1 is 1.36 bits per heavy atom. The molecule has 0 aromatic heterocycles. The van der Waals surface area contributed by atoms with Crippen LogP contribution < -0.4 is 10.6 Å². The average Bonchev–Trinajstić information content (AvgIpc) is 2.70. The standard InChI is InChI=1S/C17H21N3O5/c1-10-16(23)19-13-7-5-4-6-12(13)9-20(10)17(24)14(18-11(2)21)8-15(22)25-3/h4-7,10,14H,8-9H2,1-3H3,(H,18,21)(H,19,23). The minimum absolute atomic E-state index is 0.187. The van der Waals surface area contributed by atoms with Crippen LogP contribution in [-0.4, -0.2) is 47.8 Å². The van der Waals surface area contributed by atoms with E-state index in [9.17, 15) is 19.2 Å². The van der Waals surface area contributed by atoms with Crippen LogP contribution in [0, 0.1) is 0 Å². The highest BCUT2D eigenvalue weighted by Gasteiger charge is 2.35. The first-order valence-electron chi connectivity index (χ1n) is 7.86. The largest absolute Gasteiger partial charge is 0.469 e. The molecule has 2 rings (SSSR count). The minimum atomic E-state index is -1.09. The molecule has 1 aromatic carbocycles. The van der Waals surface area contributed by atoms with E-state index in [4.69, 9.17) is 0 Å². The lowest BCUT2D eigenvalue weighted by Crippen LogP contribution is -2.53. The molecule has 3 amide bonds. The fourth-order valence-corrected chi connectivity index (χ4v) is 2.64. The maximum atomic E-state index is 12.9. The Morgan fingerprint density at radius 3 is 2.68 bits per heavy atom. The molecule has 25 heavy (non-hydrogen) atoms. The summed E-state index contributed by atoms with van der Waals surface area (Å²) in [5.74, 6) is -1.92. The molecule has 1 aromatic rings. The lowest BCUT2D eigenvalue weighted by molar-refractivity contribution is -0.147. The Bertz CT molecular complexity index is 703. The first-order chi connectivity index (χ1) is 11.8. The molecular formula is C17H21N3O5. The van der Waals surface area contributed by atoms with Crippen molar-refractivity contribution >= 4 is 29.4 Å². The number of benzene rings is 1. The maximum Gasteiger partial charge on any atom is 0.308 e. The smallest absolute Gasteiger partial charge is 0.308 e. The van der Waals surface area contributed by atoms with Gasteiger partial charge in [0.1, 0.15) is 12.1 Å². The fourth-order valence-electron chi connectivity index (χ4n) is 2.64. The number of hydrogen-bond acceptors (Lipinski definition) is 5. The molecule has 8 heteroatoms. The predicted molar refractivity (Wildman–Crippen MR) is 89.3 cm³/mol. The summed E-state index contributed by atoms with van der Waals surface area (Å²) in [6.07, 6.45) is -0.304. The third-order valence-corrected chi connectivity index (χ3v) is 4.02. The van der Waals surface area contributed by atoms with Gasteiger partial charge in [-0.15, -0.1) is 0 Å². The van der Waals surface area contributed by atoms with Gasteiger partial charge in [-0.25, -0.2) is 0 Å². The van der Waals surface area contributed by atoms with E-state index in [2.05, 4.69) is 15.4 Å². The molecule has 0 saturated carbocycles. The zero-order valence-electron chi connectivity index (χ0n) is 14.4. The number of nitrogens with zero attached hydrogens (tertiary/aromatic N) is 1. The number of para-hydroxylation sites is 1.